The van der Waals surface area contributed by atoms with Crippen LogP contribution in [-0.4, -0.2) is 76.2 Å². The SMILES string of the molecule is Cl.Cl.NC(CCCCB(O)O)(C(=O)O)N1CCCCC1C1CCN(Cc2cc3c(cc2Cl)OCO3)CC1. The maximum Gasteiger partial charge on any atom is 0.451 e. The number of hydrogen-bond donors (Lipinski definition) is 4. The number of unbranched alkanes of at least 4 members (excludes halogenated alkanes) is 1. The van der Waals surface area contributed by atoms with Crippen molar-refractivity contribution in [3.8, 4) is 11.5 Å². The molecule has 3 aliphatic heterocycles. The molecule has 210 valence electrons. The maximum atomic E-state index is 12.3. The lowest BCUT2D eigenvalue weighted by molar-refractivity contribution is -0.157. The quantitative estimate of drug-likeness (QED) is 0.242. The molecule has 13 heteroatoms. The van der Waals surface area contributed by atoms with Crippen molar-refractivity contribution in [3.05, 3.63) is 22.7 Å². The van der Waals surface area contributed by atoms with E-state index in [0.717, 1.165) is 63.1 Å². The molecule has 3 heterocycles. The molecular formula is C24H39BCl3N3O6. The van der Waals surface area contributed by atoms with Gasteiger partial charge in [0, 0.05) is 30.2 Å². The van der Waals surface area contributed by atoms with Crippen molar-refractivity contribution < 1.29 is 29.4 Å². The van der Waals surface area contributed by atoms with Crippen molar-refractivity contribution in [3.63, 3.8) is 0 Å². The van der Waals surface area contributed by atoms with E-state index in [0.29, 0.717) is 42.5 Å². The van der Waals surface area contributed by atoms with Crippen LogP contribution in [0.15, 0.2) is 12.1 Å². The van der Waals surface area contributed by atoms with E-state index in [4.69, 9.17) is 36.9 Å². The Morgan fingerprint density at radius 1 is 1.08 bits per heavy atom. The van der Waals surface area contributed by atoms with E-state index < -0.39 is 18.8 Å². The van der Waals surface area contributed by atoms with Gasteiger partial charge in [0.2, 0.25) is 6.79 Å². The normalized spacial score (nSPS) is 22.0. The van der Waals surface area contributed by atoms with Crippen LogP contribution in [0.4, 0.5) is 0 Å². The second kappa shape index (κ2) is 14.4. The minimum absolute atomic E-state index is 0. The summed E-state index contributed by atoms with van der Waals surface area (Å²) < 4.78 is 10.9. The number of hydrogen-bond acceptors (Lipinski definition) is 8. The second-order valence-corrected chi connectivity index (χ2v) is 10.5. The van der Waals surface area contributed by atoms with E-state index in [1.807, 2.05) is 17.0 Å². The van der Waals surface area contributed by atoms with Gasteiger partial charge in [-0.25, -0.2) is 4.79 Å². The van der Waals surface area contributed by atoms with Gasteiger partial charge in [0.05, 0.1) is 0 Å². The Hall–Kier alpha value is -0.975. The van der Waals surface area contributed by atoms with Crippen LogP contribution in [0.25, 0.3) is 0 Å². The van der Waals surface area contributed by atoms with E-state index >= 15 is 0 Å². The Bertz CT molecular complexity index is 894. The molecule has 0 bridgehead atoms. The molecule has 0 radical (unpaired) electrons. The molecule has 9 nitrogen and oxygen atoms in total. The molecule has 1 aromatic rings. The molecule has 2 saturated heterocycles. The smallest absolute Gasteiger partial charge is 0.451 e. The molecular weight excluding hydrogens is 543 g/mol. The molecule has 0 aliphatic carbocycles. The number of nitrogens with zero attached hydrogens (tertiary/aromatic N) is 2. The zero-order valence-corrected chi connectivity index (χ0v) is 23.4. The van der Waals surface area contributed by atoms with E-state index in [1.165, 1.54) is 0 Å². The average Bonchev–Trinajstić information content (AvgIpc) is 3.29. The van der Waals surface area contributed by atoms with Crippen LogP contribution in [0.3, 0.4) is 0 Å². The van der Waals surface area contributed by atoms with Crippen LogP contribution >= 0.6 is 36.4 Å². The molecule has 1 aromatic carbocycles. The molecule has 0 aromatic heterocycles. The summed E-state index contributed by atoms with van der Waals surface area (Å²) in [5, 5.41) is 29.0. The Morgan fingerprint density at radius 3 is 2.41 bits per heavy atom. The van der Waals surface area contributed by atoms with Crippen LogP contribution < -0.4 is 15.2 Å². The fourth-order valence-electron chi connectivity index (χ4n) is 5.85. The van der Waals surface area contributed by atoms with Gasteiger partial charge in [-0.2, -0.15) is 0 Å². The number of carboxylic acids is 1. The van der Waals surface area contributed by atoms with Crippen molar-refractivity contribution in [2.45, 2.75) is 75.9 Å². The number of aliphatic carboxylic acids is 1. The van der Waals surface area contributed by atoms with E-state index in [-0.39, 0.29) is 44.0 Å². The van der Waals surface area contributed by atoms with Crippen LogP contribution in [0.5, 0.6) is 11.5 Å². The van der Waals surface area contributed by atoms with Crippen LogP contribution in [0, 0.1) is 5.92 Å². The summed E-state index contributed by atoms with van der Waals surface area (Å²) >= 11 is 6.48. The molecule has 5 N–H and O–H groups in total. The van der Waals surface area contributed by atoms with Crippen molar-refractivity contribution in [1.82, 2.24) is 9.80 Å². The van der Waals surface area contributed by atoms with E-state index in [1.54, 1.807) is 0 Å². The molecule has 0 saturated carbocycles. The van der Waals surface area contributed by atoms with E-state index in [9.17, 15) is 9.90 Å². The first kappa shape index (κ1) is 32.2. The molecule has 4 rings (SSSR count). The molecule has 3 aliphatic rings. The first-order valence-corrected chi connectivity index (χ1v) is 13.1. The zero-order valence-electron chi connectivity index (χ0n) is 21.0. The average molecular weight is 583 g/mol. The molecule has 37 heavy (non-hydrogen) atoms. The number of rotatable bonds is 10. The lowest BCUT2D eigenvalue weighted by atomic mass is 9.80. The molecule has 2 unspecified atom stereocenters. The van der Waals surface area contributed by atoms with Gasteiger partial charge in [0.1, 0.15) is 0 Å². The van der Waals surface area contributed by atoms with E-state index in [2.05, 4.69) is 4.90 Å². The van der Waals surface area contributed by atoms with Gasteiger partial charge in [0.25, 0.3) is 0 Å². The highest BCUT2D eigenvalue weighted by molar-refractivity contribution is 6.40. The number of fused-ring (bicyclic) bond motifs is 1. The summed E-state index contributed by atoms with van der Waals surface area (Å²) in [6, 6.07) is 3.93. The van der Waals surface area contributed by atoms with Crippen molar-refractivity contribution in [2.24, 2.45) is 11.7 Å². The van der Waals surface area contributed by atoms with Gasteiger partial charge < -0.3 is 30.4 Å². The number of likely N-dealkylation sites (tertiary alicyclic amines) is 2. The number of nitrogens with two attached hydrogens (primary N) is 1. The third-order valence-corrected chi connectivity index (χ3v) is 8.17. The molecule has 0 spiro atoms. The highest BCUT2D eigenvalue weighted by atomic mass is 35.5. The number of benzene rings is 1. The Balaban J connectivity index is 0.00000241. The minimum Gasteiger partial charge on any atom is -0.479 e. The lowest BCUT2D eigenvalue weighted by Crippen LogP contribution is -2.67. The topological polar surface area (TPSA) is 129 Å². The first-order chi connectivity index (χ1) is 16.8. The first-order valence-electron chi connectivity index (χ1n) is 12.7. The summed E-state index contributed by atoms with van der Waals surface area (Å²) in [6.45, 7) is 3.48. The van der Waals surface area contributed by atoms with Crippen LogP contribution in [0.1, 0.15) is 56.9 Å². The van der Waals surface area contributed by atoms with Gasteiger partial charge in [-0.1, -0.05) is 30.9 Å². The molecule has 2 atom stereocenters. The highest BCUT2D eigenvalue weighted by Gasteiger charge is 2.46. The Labute approximate surface area is 236 Å². The number of ether oxygens (including phenoxy) is 2. The summed E-state index contributed by atoms with van der Waals surface area (Å²) in [4.78, 5) is 16.8. The van der Waals surface area contributed by atoms with Gasteiger partial charge in [-0.15, -0.1) is 24.8 Å². The monoisotopic (exact) mass is 581 g/mol. The third-order valence-electron chi connectivity index (χ3n) is 7.81. The predicted octanol–water partition coefficient (Wildman–Crippen LogP) is 3.36. The highest BCUT2D eigenvalue weighted by Crippen LogP contribution is 2.39. The van der Waals surface area contributed by atoms with Crippen molar-refractivity contribution >= 4 is 49.5 Å². The fourth-order valence-corrected chi connectivity index (χ4v) is 6.07. The largest absolute Gasteiger partial charge is 0.479 e. The van der Waals surface area contributed by atoms with Crippen LogP contribution in [-0.2, 0) is 11.3 Å². The molecule has 0 amide bonds. The van der Waals surface area contributed by atoms with Crippen LogP contribution in [0.2, 0.25) is 11.3 Å². The standard InChI is InChI=1S/C24H37BClN3O6.2ClH/c26-19-14-22-21(34-16-35-22)13-18(19)15-28-11-6-17(7-12-28)20-5-1-4-10-29(20)24(27,23(30)31)8-2-3-9-25(32)33;;/h13-14,17,20,32-33H,1-12,15-16,27H2,(H,30,31);2*1H. The summed E-state index contributed by atoms with van der Waals surface area (Å²) in [7, 11) is -1.37. The minimum atomic E-state index is -1.43. The Kier molecular flexibility index (Phi) is 12.6. The van der Waals surface area contributed by atoms with Crippen molar-refractivity contribution in [2.75, 3.05) is 26.4 Å². The lowest BCUT2D eigenvalue weighted by Gasteiger charge is -2.49. The van der Waals surface area contributed by atoms with Crippen molar-refractivity contribution in [1.29, 1.82) is 0 Å². The van der Waals surface area contributed by atoms with Gasteiger partial charge >= 0.3 is 13.1 Å². The van der Waals surface area contributed by atoms with Gasteiger partial charge in [0.15, 0.2) is 17.2 Å². The Morgan fingerprint density at radius 2 is 1.76 bits per heavy atom. The fraction of sp³-hybridized carbons (Fsp3) is 0.708. The number of carbonyl (C=O) groups is 1. The number of halogens is 3. The van der Waals surface area contributed by atoms with Gasteiger partial charge in [-0.3, -0.25) is 9.80 Å². The second-order valence-electron chi connectivity index (χ2n) is 10.1. The third kappa shape index (κ3) is 7.79. The summed E-state index contributed by atoms with van der Waals surface area (Å²) in [6.07, 6.45) is 6.55. The summed E-state index contributed by atoms with van der Waals surface area (Å²) in [5.74, 6) is 0.814. The summed E-state index contributed by atoms with van der Waals surface area (Å²) in [5.41, 5.74) is 6.17. The predicted molar refractivity (Wildman–Crippen MR) is 148 cm³/mol. The number of carboxylic acid groups (broad SMARTS) is 1. The molecule has 2 fully saturated rings. The zero-order chi connectivity index (χ0) is 25.0. The maximum absolute atomic E-state index is 12.3. The number of piperidine rings is 2. The van der Waals surface area contributed by atoms with Gasteiger partial charge in [-0.05, 0) is 69.1 Å².